The van der Waals surface area contributed by atoms with Crippen molar-refractivity contribution in [2.75, 3.05) is 11.9 Å². The number of hydrogen-bond acceptors (Lipinski definition) is 2. The van der Waals surface area contributed by atoms with Gasteiger partial charge in [-0.3, -0.25) is 9.59 Å². The number of rotatable bonds is 3. The smallest absolute Gasteiger partial charge is 0.254 e. The molecule has 1 atom stereocenters. The van der Waals surface area contributed by atoms with Crippen molar-refractivity contribution in [1.82, 2.24) is 4.90 Å². The molecule has 2 amide bonds. The highest BCUT2D eigenvalue weighted by atomic mass is 19.1. The summed E-state index contributed by atoms with van der Waals surface area (Å²) >= 11 is 0. The zero-order chi connectivity index (χ0) is 17.1. The minimum atomic E-state index is -0.845. The quantitative estimate of drug-likeness (QED) is 0.939. The van der Waals surface area contributed by atoms with Gasteiger partial charge in [0, 0.05) is 12.1 Å². The van der Waals surface area contributed by atoms with Gasteiger partial charge in [0.15, 0.2) is 0 Å². The van der Waals surface area contributed by atoms with Gasteiger partial charge in [0.2, 0.25) is 5.91 Å². The molecule has 2 aromatic rings. The zero-order valence-corrected chi connectivity index (χ0v) is 12.8. The number of para-hydroxylation sites is 1. The van der Waals surface area contributed by atoms with E-state index in [2.05, 4.69) is 5.32 Å². The monoisotopic (exact) mass is 330 g/mol. The molecule has 1 aliphatic heterocycles. The fourth-order valence-electron chi connectivity index (χ4n) is 2.85. The first-order valence-corrected chi connectivity index (χ1v) is 7.69. The zero-order valence-electron chi connectivity index (χ0n) is 12.8. The summed E-state index contributed by atoms with van der Waals surface area (Å²) in [6, 6.07) is 11.3. The van der Waals surface area contributed by atoms with Gasteiger partial charge in [-0.05, 0) is 37.1 Å². The van der Waals surface area contributed by atoms with Gasteiger partial charge in [-0.25, -0.2) is 8.78 Å². The lowest BCUT2D eigenvalue weighted by molar-refractivity contribution is -0.119. The fourth-order valence-corrected chi connectivity index (χ4v) is 2.85. The number of amides is 2. The second-order valence-corrected chi connectivity index (χ2v) is 5.61. The van der Waals surface area contributed by atoms with E-state index in [0.29, 0.717) is 24.9 Å². The lowest BCUT2D eigenvalue weighted by Crippen LogP contribution is -2.43. The fraction of sp³-hybridized carbons (Fsp3) is 0.222. The van der Waals surface area contributed by atoms with Gasteiger partial charge >= 0.3 is 0 Å². The molecule has 1 N–H and O–H groups in total. The number of hydrogen-bond donors (Lipinski definition) is 1. The summed E-state index contributed by atoms with van der Waals surface area (Å²) in [6.07, 6.45) is 1.12. The van der Waals surface area contributed by atoms with E-state index in [4.69, 9.17) is 0 Å². The van der Waals surface area contributed by atoms with E-state index in [1.54, 1.807) is 30.3 Å². The third kappa shape index (κ3) is 3.13. The Balaban J connectivity index is 1.78. The van der Waals surface area contributed by atoms with Crippen molar-refractivity contribution in [3.8, 4) is 0 Å². The molecule has 0 saturated carbocycles. The number of halogens is 2. The molecule has 1 heterocycles. The predicted octanol–water partition coefficient (Wildman–Crippen LogP) is 3.21. The lowest BCUT2D eigenvalue weighted by Gasteiger charge is -2.24. The molecule has 4 nitrogen and oxygen atoms in total. The minimum Gasteiger partial charge on any atom is -0.327 e. The Bertz CT molecular complexity index is 745. The van der Waals surface area contributed by atoms with Crippen LogP contribution in [0.4, 0.5) is 14.5 Å². The predicted molar refractivity (Wildman–Crippen MR) is 85.5 cm³/mol. The van der Waals surface area contributed by atoms with Gasteiger partial charge in [0.1, 0.15) is 23.4 Å². The van der Waals surface area contributed by atoms with E-state index in [9.17, 15) is 18.4 Å². The number of carbonyl (C=O) groups excluding carboxylic acids is 2. The first-order valence-electron chi connectivity index (χ1n) is 7.69. The maximum Gasteiger partial charge on any atom is 0.254 e. The first kappa shape index (κ1) is 16.1. The minimum absolute atomic E-state index is 0.262. The van der Waals surface area contributed by atoms with E-state index in [-0.39, 0.29) is 5.91 Å². The Labute approximate surface area is 138 Å². The van der Waals surface area contributed by atoms with Crippen LogP contribution in [0.3, 0.4) is 0 Å². The molecule has 124 valence electrons. The van der Waals surface area contributed by atoms with Gasteiger partial charge in [-0.2, -0.15) is 0 Å². The number of nitrogens with one attached hydrogen (secondary N) is 1. The highest BCUT2D eigenvalue weighted by molar-refractivity contribution is 6.01. The highest BCUT2D eigenvalue weighted by Gasteiger charge is 2.35. The molecule has 0 unspecified atom stereocenters. The van der Waals surface area contributed by atoms with Crippen LogP contribution < -0.4 is 5.32 Å². The Kier molecular flexibility index (Phi) is 4.55. The summed E-state index contributed by atoms with van der Waals surface area (Å²) in [6.45, 7) is 0.436. The topological polar surface area (TPSA) is 49.4 Å². The largest absolute Gasteiger partial charge is 0.327 e. The van der Waals surface area contributed by atoms with Crippen molar-refractivity contribution in [3.05, 3.63) is 65.7 Å². The standard InChI is InChI=1S/C18H16F2N2O2/c19-13-8-4-9-14(20)16(13)21-17(23)15-10-5-11-22(15)18(24)12-6-2-1-3-7-12/h1-4,6-9,15H,5,10-11H2,(H,21,23)/t15-/m1/s1. The van der Waals surface area contributed by atoms with Crippen LogP contribution in [-0.2, 0) is 4.79 Å². The Morgan fingerprint density at radius 3 is 2.33 bits per heavy atom. The van der Waals surface area contributed by atoms with Crippen LogP contribution in [0.2, 0.25) is 0 Å². The van der Waals surface area contributed by atoms with Crippen LogP contribution in [0.15, 0.2) is 48.5 Å². The molecule has 24 heavy (non-hydrogen) atoms. The van der Waals surface area contributed by atoms with Gasteiger partial charge in [-0.1, -0.05) is 24.3 Å². The number of nitrogens with zero attached hydrogens (tertiary/aromatic N) is 1. The van der Waals surface area contributed by atoms with Crippen molar-refractivity contribution in [2.45, 2.75) is 18.9 Å². The van der Waals surface area contributed by atoms with Crippen molar-refractivity contribution in [1.29, 1.82) is 0 Å². The van der Waals surface area contributed by atoms with E-state index < -0.39 is 29.3 Å². The number of benzene rings is 2. The van der Waals surface area contributed by atoms with Crippen molar-refractivity contribution in [3.63, 3.8) is 0 Å². The van der Waals surface area contributed by atoms with E-state index in [1.165, 1.54) is 11.0 Å². The van der Waals surface area contributed by atoms with Crippen LogP contribution in [0.1, 0.15) is 23.2 Å². The van der Waals surface area contributed by atoms with Crippen LogP contribution >= 0.6 is 0 Å². The highest BCUT2D eigenvalue weighted by Crippen LogP contribution is 2.24. The maximum atomic E-state index is 13.7. The molecule has 0 spiro atoms. The SMILES string of the molecule is O=C(Nc1c(F)cccc1F)[C@H]1CCCN1C(=O)c1ccccc1. The Morgan fingerprint density at radius 2 is 1.67 bits per heavy atom. The third-order valence-electron chi connectivity index (χ3n) is 4.05. The molecule has 2 aromatic carbocycles. The van der Waals surface area contributed by atoms with Gasteiger partial charge in [-0.15, -0.1) is 0 Å². The summed E-state index contributed by atoms with van der Waals surface area (Å²) in [5.41, 5.74) is -0.00391. The van der Waals surface area contributed by atoms with Gasteiger partial charge < -0.3 is 10.2 Å². The first-order chi connectivity index (χ1) is 11.6. The third-order valence-corrected chi connectivity index (χ3v) is 4.05. The molecule has 0 radical (unpaired) electrons. The Morgan fingerprint density at radius 1 is 1.00 bits per heavy atom. The lowest BCUT2D eigenvalue weighted by atomic mass is 10.1. The number of anilines is 1. The van der Waals surface area contributed by atoms with Gasteiger partial charge in [0.25, 0.3) is 5.91 Å². The van der Waals surface area contributed by atoms with Crippen molar-refractivity contribution < 1.29 is 18.4 Å². The molecule has 6 heteroatoms. The van der Waals surface area contributed by atoms with E-state index in [1.807, 2.05) is 0 Å². The van der Waals surface area contributed by atoms with Crippen LogP contribution in [0, 0.1) is 11.6 Å². The van der Waals surface area contributed by atoms with Crippen molar-refractivity contribution in [2.24, 2.45) is 0 Å². The second-order valence-electron chi connectivity index (χ2n) is 5.61. The summed E-state index contributed by atoms with van der Waals surface area (Å²) in [5, 5.41) is 2.27. The van der Waals surface area contributed by atoms with Crippen LogP contribution in [0.5, 0.6) is 0 Å². The summed E-state index contributed by atoms with van der Waals surface area (Å²) in [7, 11) is 0. The van der Waals surface area contributed by atoms with Crippen LogP contribution in [-0.4, -0.2) is 29.3 Å². The summed E-state index contributed by atoms with van der Waals surface area (Å²) in [5.74, 6) is -2.53. The molecular weight excluding hydrogens is 314 g/mol. The van der Waals surface area contributed by atoms with Crippen LogP contribution in [0.25, 0.3) is 0 Å². The van der Waals surface area contributed by atoms with Crippen molar-refractivity contribution >= 4 is 17.5 Å². The molecule has 0 aliphatic carbocycles. The molecule has 1 aliphatic rings. The average Bonchev–Trinajstić information content (AvgIpc) is 3.08. The van der Waals surface area contributed by atoms with Gasteiger partial charge in [0.05, 0.1) is 0 Å². The summed E-state index contributed by atoms with van der Waals surface area (Å²) in [4.78, 5) is 26.4. The Hall–Kier alpha value is -2.76. The molecular formula is C18H16F2N2O2. The summed E-state index contributed by atoms with van der Waals surface area (Å²) < 4.78 is 27.4. The number of carbonyl (C=O) groups is 2. The average molecular weight is 330 g/mol. The molecule has 1 fully saturated rings. The molecule has 0 bridgehead atoms. The molecule has 0 aromatic heterocycles. The van der Waals surface area contributed by atoms with E-state index in [0.717, 1.165) is 12.1 Å². The maximum absolute atomic E-state index is 13.7. The van der Waals surface area contributed by atoms with E-state index >= 15 is 0 Å². The molecule has 3 rings (SSSR count). The second kappa shape index (κ2) is 6.78. The molecule has 1 saturated heterocycles. The normalized spacial score (nSPS) is 16.9. The number of likely N-dealkylation sites (tertiary alicyclic amines) is 1.